The van der Waals surface area contributed by atoms with E-state index in [-0.39, 0.29) is 101 Å². The van der Waals surface area contributed by atoms with E-state index >= 15 is 0 Å². The Balaban J connectivity index is 3.54. The van der Waals surface area contributed by atoms with Crippen LogP contribution in [-0.2, 0) is 102 Å². The van der Waals surface area contributed by atoms with Gasteiger partial charge in [-0.05, 0) is 157 Å². The van der Waals surface area contributed by atoms with Crippen molar-refractivity contribution in [1.29, 1.82) is 5.41 Å². The lowest BCUT2D eigenvalue weighted by atomic mass is 9.98. The van der Waals surface area contributed by atoms with Crippen LogP contribution in [0.4, 0.5) is 0 Å². The molecule has 16 atom stereocenters. The Bertz CT molecular complexity index is 3990. The number of carboxylic acid groups (broad SMARTS) is 4. The molecule has 31 N–H and O–H groups in total. The van der Waals surface area contributed by atoms with Crippen molar-refractivity contribution in [2.45, 2.75) is 283 Å². The van der Waals surface area contributed by atoms with E-state index in [9.17, 15) is 127 Å². The van der Waals surface area contributed by atoms with Gasteiger partial charge < -0.3 is 139 Å². The summed E-state index contributed by atoms with van der Waals surface area (Å²) in [5.41, 5.74) is 23.3. The first kappa shape index (κ1) is 115. The van der Waals surface area contributed by atoms with Gasteiger partial charge in [-0.25, -0.2) is 4.79 Å². The molecular weight excluding hydrogens is 1720 g/mol. The molecule has 0 fully saturated rings. The average molecular weight is 1850 g/mol. The number of carboxylic acids is 4. The molecule has 0 saturated heterocycles. The van der Waals surface area contributed by atoms with Gasteiger partial charge in [0.05, 0.1) is 31.5 Å². The van der Waals surface area contributed by atoms with Crippen LogP contribution in [0.1, 0.15) is 185 Å². The maximum absolute atomic E-state index is 14.3. The van der Waals surface area contributed by atoms with E-state index in [0.29, 0.717) is 5.56 Å². The van der Waals surface area contributed by atoms with E-state index in [1.807, 2.05) is 0 Å². The van der Waals surface area contributed by atoms with Gasteiger partial charge in [0.1, 0.15) is 90.3 Å². The zero-order valence-corrected chi connectivity index (χ0v) is 76.0. The molecule has 1 aromatic rings. The second-order valence-corrected chi connectivity index (χ2v) is 34.2. The van der Waals surface area contributed by atoms with Crippen LogP contribution in [0.3, 0.4) is 0 Å². The van der Waals surface area contributed by atoms with E-state index < -0.39 is 284 Å². The lowest BCUT2D eigenvalue weighted by molar-refractivity contribution is -0.144. The Morgan fingerprint density at radius 1 is 0.395 bits per heavy atom. The first-order valence-electron chi connectivity index (χ1n) is 42.4. The van der Waals surface area contributed by atoms with Crippen molar-refractivity contribution in [3.05, 3.63) is 29.8 Å². The summed E-state index contributed by atoms with van der Waals surface area (Å²) in [5, 5.41) is 106. The van der Waals surface area contributed by atoms with Gasteiger partial charge in [0.15, 0.2) is 5.96 Å². The van der Waals surface area contributed by atoms with E-state index in [1.165, 1.54) is 43.0 Å². The van der Waals surface area contributed by atoms with E-state index in [1.54, 1.807) is 75.5 Å². The first-order valence-corrected chi connectivity index (χ1v) is 43.8. The number of aliphatic carboxylic acids is 4. The second-order valence-electron chi connectivity index (χ2n) is 33.2. The van der Waals surface area contributed by atoms with E-state index in [4.69, 9.17) is 28.3 Å². The third-order valence-electron chi connectivity index (χ3n) is 19.5. The van der Waals surface area contributed by atoms with Gasteiger partial charge >= 0.3 is 23.9 Å². The third-order valence-corrected chi connectivity index (χ3v) is 20.2. The summed E-state index contributed by atoms with van der Waals surface area (Å²) < 4.78 is 0. The highest BCUT2D eigenvalue weighted by Crippen LogP contribution is 2.17. The predicted molar refractivity (Wildman–Crippen MR) is 468 cm³/mol. The molecule has 1 aromatic carbocycles. The fraction of sp³-hybridized carbons (Fsp3) is 0.667. The van der Waals surface area contributed by atoms with Crippen molar-refractivity contribution in [3.63, 3.8) is 0 Å². The van der Waals surface area contributed by atoms with Gasteiger partial charge in [-0.1, -0.05) is 81.4 Å². The summed E-state index contributed by atoms with van der Waals surface area (Å²) in [7, 11) is 0. The molecule has 0 bridgehead atoms. The minimum Gasteiger partial charge on any atom is -0.508 e. The van der Waals surface area contributed by atoms with Crippen LogP contribution in [0, 0.1) is 35.0 Å². The van der Waals surface area contributed by atoms with Crippen molar-refractivity contribution in [1.82, 2.24) is 85.1 Å². The SMILES string of the molecule is CSCC[C@H](NC(=O)[C@H](C)NC(=O)[C@H](CC(C)C)NC(=O)[C@H](CC(=O)O)NC(=O)[C@H](CCC(N)=O)NC(=O)[C@H](CCC(=O)O)NC(=O)[C@H](CC(C)C)NC(=O)[C@@H](N)Cc1ccc(O)cc1)C(=O)N[C@H](C(=O)N[C@@H](CCCCN)C(=O)N[C@@H](CC(=O)O)C(=O)NCC(=O)N[C@@H](CCCNC(=N)N)C(=O)N[C@@H](CC(C)C)C(=O)N[C@H](C(=O)N[C@H](C(=O)O)C(C)C)C(C)C)[C@@H](C)O. The van der Waals surface area contributed by atoms with Crippen molar-refractivity contribution >= 4 is 136 Å². The number of rotatable bonds is 63. The van der Waals surface area contributed by atoms with Crippen molar-refractivity contribution < 1.29 is 127 Å². The predicted octanol–water partition coefficient (Wildman–Crippen LogP) is -5.67. The number of aliphatic hydroxyl groups is 1. The number of aliphatic hydroxyl groups excluding tert-OH is 1. The minimum absolute atomic E-state index is 0.00870. The molecule has 0 heterocycles. The number of phenols is 1. The largest absolute Gasteiger partial charge is 0.508 e. The van der Waals surface area contributed by atoms with Gasteiger partial charge in [0.2, 0.25) is 94.5 Å². The normalized spacial score (nSPS) is 15.0. The minimum atomic E-state index is -2.08. The number of unbranched alkanes of at least 4 members (excludes halogenated alkanes) is 1. The highest BCUT2D eigenvalue weighted by atomic mass is 32.2. The molecule has 48 heteroatoms. The maximum Gasteiger partial charge on any atom is 0.326 e. The highest BCUT2D eigenvalue weighted by molar-refractivity contribution is 7.98. The van der Waals surface area contributed by atoms with E-state index in [0.717, 1.165) is 6.92 Å². The number of hydrogen-bond donors (Lipinski definition) is 27. The van der Waals surface area contributed by atoms with Gasteiger partial charge in [-0.3, -0.25) is 96.5 Å². The maximum atomic E-state index is 14.3. The first-order chi connectivity index (χ1) is 60.2. The number of nitrogens with two attached hydrogens (primary N) is 4. The van der Waals surface area contributed by atoms with Crippen molar-refractivity contribution in [2.24, 2.45) is 52.5 Å². The fourth-order valence-corrected chi connectivity index (χ4v) is 13.1. The number of guanidine groups is 1. The molecule has 0 aliphatic heterocycles. The summed E-state index contributed by atoms with van der Waals surface area (Å²) in [4.78, 5) is 271. The smallest absolute Gasteiger partial charge is 0.326 e. The zero-order chi connectivity index (χ0) is 98.4. The van der Waals surface area contributed by atoms with Crippen LogP contribution in [0.2, 0.25) is 0 Å². The Labute approximate surface area is 752 Å². The van der Waals surface area contributed by atoms with Crippen LogP contribution in [0.5, 0.6) is 5.75 Å². The van der Waals surface area contributed by atoms with Crippen LogP contribution in [0.25, 0.3) is 0 Å². The molecule has 726 valence electrons. The summed E-state index contributed by atoms with van der Waals surface area (Å²) in [6.45, 7) is 17.8. The Morgan fingerprint density at radius 3 is 1.21 bits per heavy atom. The Hall–Kier alpha value is -12.1. The number of carbonyl (C=O) groups is 20. The number of hydrogen-bond acceptors (Lipinski definition) is 26. The van der Waals surface area contributed by atoms with Crippen LogP contribution >= 0.6 is 11.8 Å². The molecule has 0 aliphatic rings. The molecule has 16 amide bonds. The summed E-state index contributed by atoms with van der Waals surface area (Å²) in [5.74, 6) is -25.7. The third kappa shape index (κ3) is 46.0. The molecule has 47 nitrogen and oxygen atoms in total. The highest BCUT2D eigenvalue weighted by Gasteiger charge is 2.40. The quantitative estimate of drug-likeness (QED) is 0.0164. The molecule has 0 aromatic heterocycles. The molecule has 0 aliphatic carbocycles. The van der Waals surface area contributed by atoms with Gasteiger partial charge in [0, 0.05) is 19.4 Å². The number of carbonyl (C=O) groups excluding carboxylic acids is 16. The second kappa shape index (κ2) is 59.1. The fourth-order valence-electron chi connectivity index (χ4n) is 12.6. The lowest BCUT2D eigenvalue weighted by Gasteiger charge is -2.29. The number of phenolic OH excluding ortho intramolecular Hbond substituents is 1. The molecule has 129 heavy (non-hydrogen) atoms. The summed E-state index contributed by atoms with van der Waals surface area (Å²) in [6.07, 6.45) is -5.61. The Kier molecular flexibility index (Phi) is 52.7. The van der Waals surface area contributed by atoms with Crippen LogP contribution in [-0.4, -0.2) is 283 Å². The van der Waals surface area contributed by atoms with Crippen LogP contribution in [0.15, 0.2) is 24.3 Å². The Morgan fingerprint density at radius 2 is 0.767 bits per heavy atom. The molecular formula is C81H135N21O26S. The molecule has 0 spiro atoms. The standard InChI is InChI=1S/C81H135N21O26S/c1-38(2)31-53(97-76(123)57(36-62(111)112)99-72(119)50(23-25-58(84)105)92-71(118)51(24-26-60(107)108)93-75(122)54(32-39(3)4)95-67(114)47(83)34-45-19-21-46(104)22-20-45)74(121)89-43(11)66(113)91-52(27-30-129-13)73(120)102-65(44(12)103)79(126)94-49(17-14-15-28-82)70(117)98-56(35-61(109)110)68(115)88-37-59(106)90-48(18-16-29-87-81(85)86)69(116)96-55(33-40(5)6)77(124)100-63(41(7)8)78(125)101-64(42(9)10)80(127)128/h19-22,38-44,47-57,63-65,103-104H,14-18,23-37,82-83H2,1-13H3,(H2,84,105)(H,88,115)(H,89,121)(H,90,106)(H,91,113)(H,92,118)(H,93,122)(H,94,126)(H,95,114)(H,96,116)(H,97,123)(H,98,117)(H,99,119)(H,100,124)(H,101,125)(H,102,120)(H,107,108)(H,109,110)(H,111,112)(H,127,128)(H4,85,86,87)/t43-,44+,47-,48-,49-,50-,51-,52-,53-,54-,55-,56-,57-,63-,64-,65-/m0/s1. The van der Waals surface area contributed by atoms with Crippen molar-refractivity contribution in [3.8, 4) is 5.75 Å². The number of nitrogens with one attached hydrogen (secondary N) is 17. The molecule has 0 unspecified atom stereocenters. The number of thioether (sulfide) groups is 1. The average Bonchev–Trinajstić information content (AvgIpc) is 0.855. The molecule has 1 rings (SSSR count). The van der Waals surface area contributed by atoms with Gasteiger partial charge in [-0.2, -0.15) is 11.8 Å². The lowest BCUT2D eigenvalue weighted by Crippen LogP contribution is -2.62. The van der Waals surface area contributed by atoms with Gasteiger partial charge in [-0.15, -0.1) is 0 Å². The number of benzene rings is 1. The molecule has 0 saturated carbocycles. The van der Waals surface area contributed by atoms with E-state index in [2.05, 4.69) is 85.1 Å². The monoisotopic (exact) mass is 1850 g/mol. The summed E-state index contributed by atoms with van der Waals surface area (Å²) >= 11 is 1.20. The van der Waals surface area contributed by atoms with Crippen molar-refractivity contribution in [2.75, 3.05) is 31.6 Å². The topological polar surface area (TPSA) is 783 Å². The number of primary amides is 1. The molecule has 0 radical (unpaired) electrons. The summed E-state index contributed by atoms with van der Waals surface area (Å²) in [6, 6.07) is -18.3. The van der Waals surface area contributed by atoms with Crippen LogP contribution < -0.4 is 108 Å². The number of aromatic hydroxyl groups is 1. The van der Waals surface area contributed by atoms with Gasteiger partial charge in [0.25, 0.3) is 0 Å². The zero-order valence-electron chi connectivity index (χ0n) is 75.1. The number of amides is 16.